The van der Waals surface area contributed by atoms with Crippen LogP contribution in [0.2, 0.25) is 0 Å². The van der Waals surface area contributed by atoms with Crippen LogP contribution in [0.15, 0.2) is 29.9 Å². The van der Waals surface area contributed by atoms with E-state index in [1.54, 1.807) is 35.9 Å². The summed E-state index contributed by atoms with van der Waals surface area (Å²) in [6, 6.07) is 3.61. The van der Waals surface area contributed by atoms with Gasteiger partial charge >= 0.3 is 0 Å². The summed E-state index contributed by atoms with van der Waals surface area (Å²) < 4.78 is 0. The molecule has 1 N–H and O–H groups in total. The smallest absolute Gasteiger partial charge is 0.256 e. The summed E-state index contributed by atoms with van der Waals surface area (Å²) in [5, 5.41) is 4.93. The highest BCUT2D eigenvalue weighted by Gasteiger charge is 2.23. The minimum atomic E-state index is -0.00162. The van der Waals surface area contributed by atoms with Crippen LogP contribution < -0.4 is 5.32 Å². The van der Waals surface area contributed by atoms with Crippen LogP contribution in [0.1, 0.15) is 34.1 Å². The summed E-state index contributed by atoms with van der Waals surface area (Å²) >= 11 is 1.72. The first-order valence-corrected chi connectivity index (χ1v) is 7.42. The molecule has 2 heterocycles. The summed E-state index contributed by atoms with van der Waals surface area (Å²) in [4.78, 5) is 17.6. The van der Waals surface area contributed by atoms with Crippen molar-refractivity contribution in [3.8, 4) is 0 Å². The number of fused-ring (bicyclic) bond motifs is 1. The van der Waals surface area contributed by atoms with Gasteiger partial charge in [-0.2, -0.15) is 0 Å². The van der Waals surface area contributed by atoms with Crippen molar-refractivity contribution in [3.63, 3.8) is 0 Å². The minimum Gasteiger partial charge on any atom is -0.322 e. The Labute approximate surface area is 116 Å². The molecular weight excluding hydrogens is 256 g/mol. The molecular formula is C15H16N2OS. The number of hydrogen-bond donors (Lipinski definition) is 1. The molecule has 1 aliphatic rings. The standard InChI is InChI=1S/C15H16N2OS/c1-10-2-3-12-13(9-19-14(12)8-10)15(18)17-11-4-6-16-7-5-11/h4-7,9-10H,2-3,8H2,1H3,(H,16,17,18). The third kappa shape index (κ3) is 2.54. The molecule has 0 saturated carbocycles. The van der Waals surface area contributed by atoms with Crippen LogP contribution in [0.5, 0.6) is 0 Å². The lowest BCUT2D eigenvalue weighted by Crippen LogP contribution is -2.16. The van der Waals surface area contributed by atoms with Gasteiger partial charge in [-0.15, -0.1) is 11.3 Å². The molecule has 1 amide bonds. The second-order valence-corrected chi connectivity index (χ2v) is 6.05. The largest absolute Gasteiger partial charge is 0.322 e. The number of amides is 1. The molecule has 1 aliphatic carbocycles. The van der Waals surface area contributed by atoms with Gasteiger partial charge in [0, 0.05) is 28.3 Å². The van der Waals surface area contributed by atoms with Gasteiger partial charge in [0.1, 0.15) is 0 Å². The monoisotopic (exact) mass is 272 g/mol. The van der Waals surface area contributed by atoms with Crippen LogP contribution in [-0.2, 0) is 12.8 Å². The number of aromatic nitrogens is 1. The van der Waals surface area contributed by atoms with Gasteiger partial charge in [-0.3, -0.25) is 9.78 Å². The second-order valence-electron chi connectivity index (χ2n) is 5.09. The molecule has 1 atom stereocenters. The maximum Gasteiger partial charge on any atom is 0.256 e. The highest BCUT2D eigenvalue weighted by Crippen LogP contribution is 2.33. The summed E-state index contributed by atoms with van der Waals surface area (Å²) in [7, 11) is 0. The first-order chi connectivity index (χ1) is 9.24. The lowest BCUT2D eigenvalue weighted by Gasteiger charge is -2.18. The summed E-state index contributed by atoms with van der Waals surface area (Å²) in [6.07, 6.45) is 6.68. The number of hydrogen-bond acceptors (Lipinski definition) is 3. The Kier molecular flexibility index (Phi) is 3.34. The van der Waals surface area contributed by atoms with E-state index in [-0.39, 0.29) is 5.91 Å². The fourth-order valence-electron chi connectivity index (χ4n) is 2.50. The molecule has 98 valence electrons. The van der Waals surface area contributed by atoms with Crippen LogP contribution in [0, 0.1) is 5.92 Å². The highest BCUT2D eigenvalue weighted by molar-refractivity contribution is 7.10. The van der Waals surface area contributed by atoms with Crippen LogP contribution in [0.3, 0.4) is 0 Å². The minimum absolute atomic E-state index is 0.00162. The Balaban J connectivity index is 1.81. The molecule has 0 aliphatic heterocycles. The predicted molar refractivity (Wildman–Crippen MR) is 77.7 cm³/mol. The molecule has 0 radical (unpaired) electrons. The Morgan fingerprint density at radius 2 is 2.21 bits per heavy atom. The number of carbonyl (C=O) groups is 1. The highest BCUT2D eigenvalue weighted by atomic mass is 32.1. The van der Waals surface area contributed by atoms with Crippen molar-refractivity contribution in [2.75, 3.05) is 5.32 Å². The van der Waals surface area contributed by atoms with E-state index in [9.17, 15) is 4.79 Å². The van der Waals surface area contributed by atoms with Gasteiger partial charge in [0.05, 0.1) is 5.56 Å². The fourth-order valence-corrected chi connectivity index (χ4v) is 3.75. The topological polar surface area (TPSA) is 42.0 Å². The zero-order chi connectivity index (χ0) is 13.2. The summed E-state index contributed by atoms with van der Waals surface area (Å²) in [5.74, 6) is 0.737. The summed E-state index contributed by atoms with van der Waals surface area (Å²) in [5.41, 5.74) is 2.91. The van der Waals surface area contributed by atoms with Crippen molar-refractivity contribution in [2.24, 2.45) is 5.92 Å². The van der Waals surface area contributed by atoms with Gasteiger partial charge in [-0.05, 0) is 42.9 Å². The molecule has 0 aromatic carbocycles. The first-order valence-electron chi connectivity index (χ1n) is 6.54. The second kappa shape index (κ2) is 5.13. The molecule has 4 heteroatoms. The molecule has 2 aromatic heterocycles. The predicted octanol–water partition coefficient (Wildman–Crippen LogP) is 3.52. The van der Waals surface area contributed by atoms with Crippen molar-refractivity contribution in [2.45, 2.75) is 26.2 Å². The van der Waals surface area contributed by atoms with Gasteiger partial charge in [-0.1, -0.05) is 6.92 Å². The van der Waals surface area contributed by atoms with Crippen LogP contribution in [0.4, 0.5) is 5.69 Å². The van der Waals surface area contributed by atoms with Gasteiger partial charge in [0.25, 0.3) is 5.91 Å². The number of carbonyl (C=O) groups excluding carboxylic acids is 1. The molecule has 2 aromatic rings. The van der Waals surface area contributed by atoms with E-state index in [4.69, 9.17) is 0 Å². The van der Waals surface area contributed by atoms with Gasteiger partial charge in [-0.25, -0.2) is 0 Å². The molecule has 19 heavy (non-hydrogen) atoms. The molecule has 0 fully saturated rings. The van der Waals surface area contributed by atoms with E-state index in [1.165, 1.54) is 16.9 Å². The Morgan fingerprint density at radius 3 is 3.00 bits per heavy atom. The van der Waals surface area contributed by atoms with Crippen molar-refractivity contribution in [3.05, 3.63) is 45.9 Å². The lowest BCUT2D eigenvalue weighted by atomic mass is 9.88. The molecule has 3 nitrogen and oxygen atoms in total. The summed E-state index contributed by atoms with van der Waals surface area (Å²) in [6.45, 7) is 2.28. The lowest BCUT2D eigenvalue weighted by molar-refractivity contribution is 0.102. The molecule has 3 rings (SSSR count). The number of anilines is 1. The molecule has 1 unspecified atom stereocenters. The van der Waals surface area contributed by atoms with Crippen LogP contribution in [0.25, 0.3) is 0 Å². The number of rotatable bonds is 2. The van der Waals surface area contributed by atoms with E-state index < -0.39 is 0 Å². The van der Waals surface area contributed by atoms with E-state index in [0.717, 1.165) is 30.0 Å². The maximum absolute atomic E-state index is 12.3. The normalized spacial score (nSPS) is 17.8. The van der Waals surface area contributed by atoms with Crippen molar-refractivity contribution >= 4 is 22.9 Å². The third-order valence-corrected chi connectivity index (χ3v) is 4.64. The van der Waals surface area contributed by atoms with Crippen molar-refractivity contribution < 1.29 is 4.79 Å². The number of pyridine rings is 1. The van der Waals surface area contributed by atoms with Crippen LogP contribution >= 0.6 is 11.3 Å². The Bertz CT molecular complexity index is 591. The Hall–Kier alpha value is -1.68. The third-order valence-electron chi connectivity index (χ3n) is 3.58. The molecule has 0 saturated heterocycles. The zero-order valence-corrected chi connectivity index (χ0v) is 11.7. The molecule has 0 bridgehead atoms. The quantitative estimate of drug-likeness (QED) is 0.909. The number of nitrogens with zero attached hydrogens (tertiary/aromatic N) is 1. The van der Waals surface area contributed by atoms with E-state index >= 15 is 0 Å². The van der Waals surface area contributed by atoms with E-state index in [2.05, 4.69) is 17.2 Å². The average Bonchev–Trinajstić information content (AvgIpc) is 2.82. The number of thiophene rings is 1. The fraction of sp³-hybridized carbons (Fsp3) is 0.333. The zero-order valence-electron chi connectivity index (χ0n) is 10.8. The average molecular weight is 272 g/mol. The van der Waals surface area contributed by atoms with Crippen molar-refractivity contribution in [1.82, 2.24) is 4.98 Å². The van der Waals surface area contributed by atoms with E-state index in [0.29, 0.717) is 0 Å². The SMILES string of the molecule is CC1CCc2c(C(=O)Nc3ccncc3)csc2C1. The van der Waals surface area contributed by atoms with Gasteiger partial charge in [0.15, 0.2) is 0 Å². The first kappa shape index (κ1) is 12.4. The number of nitrogens with one attached hydrogen (secondary N) is 1. The van der Waals surface area contributed by atoms with Gasteiger partial charge in [0.2, 0.25) is 0 Å². The molecule has 0 spiro atoms. The van der Waals surface area contributed by atoms with Gasteiger partial charge < -0.3 is 5.32 Å². The van der Waals surface area contributed by atoms with E-state index in [1.807, 2.05) is 5.38 Å². The van der Waals surface area contributed by atoms with Crippen molar-refractivity contribution in [1.29, 1.82) is 0 Å². The van der Waals surface area contributed by atoms with Crippen LogP contribution in [-0.4, -0.2) is 10.9 Å². The Morgan fingerprint density at radius 1 is 1.42 bits per heavy atom. The maximum atomic E-state index is 12.3.